The standard InChI is InChI=1S/C25H21ClN4O4S/c1-34-19(31)11-18-24(33)30-22(28)16(12-27)20(15-9-5-6-10-17(15)26)21(25(30)35-18)23(32)29-13-14-7-3-2-4-8-14/h2-10,18,20H,11,13,28H2,1H3,(H,29,32). The fraction of sp³-hybridized carbons (Fsp3) is 0.200. The monoisotopic (exact) mass is 508 g/mol. The Morgan fingerprint density at radius 2 is 1.89 bits per heavy atom. The van der Waals surface area contributed by atoms with Crippen molar-refractivity contribution in [3.63, 3.8) is 0 Å². The van der Waals surface area contributed by atoms with Crippen molar-refractivity contribution in [1.29, 1.82) is 5.26 Å². The maximum atomic E-state index is 13.6. The zero-order valence-electron chi connectivity index (χ0n) is 18.7. The van der Waals surface area contributed by atoms with Crippen LogP contribution in [-0.2, 0) is 25.7 Å². The summed E-state index contributed by atoms with van der Waals surface area (Å²) in [7, 11) is 1.23. The van der Waals surface area contributed by atoms with Crippen LogP contribution in [0.4, 0.5) is 0 Å². The molecule has 2 aliphatic heterocycles. The van der Waals surface area contributed by atoms with E-state index in [2.05, 4.69) is 11.4 Å². The summed E-state index contributed by atoms with van der Waals surface area (Å²) in [5, 5.41) is 12.7. The van der Waals surface area contributed by atoms with Gasteiger partial charge in [-0.15, -0.1) is 0 Å². The number of hydrogen-bond acceptors (Lipinski definition) is 7. The van der Waals surface area contributed by atoms with E-state index in [4.69, 9.17) is 22.1 Å². The first-order chi connectivity index (χ1) is 16.9. The number of thioether (sulfide) groups is 1. The van der Waals surface area contributed by atoms with Crippen molar-refractivity contribution in [2.24, 2.45) is 5.73 Å². The lowest BCUT2D eigenvalue weighted by molar-refractivity contribution is -0.142. The van der Waals surface area contributed by atoms with E-state index in [9.17, 15) is 19.6 Å². The molecule has 2 aromatic carbocycles. The van der Waals surface area contributed by atoms with Gasteiger partial charge in [0, 0.05) is 11.6 Å². The van der Waals surface area contributed by atoms with Gasteiger partial charge in [-0.2, -0.15) is 5.26 Å². The van der Waals surface area contributed by atoms with Crippen molar-refractivity contribution < 1.29 is 19.1 Å². The summed E-state index contributed by atoms with van der Waals surface area (Å²) >= 11 is 7.54. The van der Waals surface area contributed by atoms with Crippen LogP contribution < -0.4 is 11.1 Å². The Morgan fingerprint density at radius 1 is 1.20 bits per heavy atom. The number of amides is 2. The smallest absolute Gasteiger partial charge is 0.307 e. The molecule has 1 saturated heterocycles. The van der Waals surface area contributed by atoms with Gasteiger partial charge in [0.25, 0.3) is 5.91 Å². The minimum Gasteiger partial charge on any atom is -0.469 e. The number of nitrogens with zero attached hydrogens (tertiary/aromatic N) is 2. The van der Waals surface area contributed by atoms with Crippen molar-refractivity contribution in [3.8, 4) is 6.07 Å². The number of nitrogens with one attached hydrogen (secondary N) is 1. The molecule has 178 valence electrons. The number of carbonyl (C=O) groups is 3. The predicted octanol–water partition coefficient (Wildman–Crippen LogP) is 3.17. The molecule has 2 aliphatic rings. The van der Waals surface area contributed by atoms with Crippen LogP contribution in [0.1, 0.15) is 23.5 Å². The lowest BCUT2D eigenvalue weighted by Gasteiger charge is -2.32. The maximum Gasteiger partial charge on any atom is 0.307 e. The van der Waals surface area contributed by atoms with Crippen LogP contribution in [-0.4, -0.2) is 35.0 Å². The Morgan fingerprint density at radius 3 is 2.54 bits per heavy atom. The van der Waals surface area contributed by atoms with Crippen LogP contribution in [0.3, 0.4) is 0 Å². The normalized spacial score (nSPS) is 19.3. The Hall–Kier alpha value is -3.74. The summed E-state index contributed by atoms with van der Waals surface area (Å²) in [6, 6.07) is 18.3. The highest BCUT2D eigenvalue weighted by Gasteiger charge is 2.48. The fourth-order valence-electron chi connectivity index (χ4n) is 4.04. The molecule has 0 bridgehead atoms. The van der Waals surface area contributed by atoms with Crippen LogP contribution in [0.15, 0.2) is 76.6 Å². The summed E-state index contributed by atoms with van der Waals surface area (Å²) in [4.78, 5) is 39.9. The van der Waals surface area contributed by atoms with Gasteiger partial charge < -0.3 is 15.8 Å². The molecule has 2 unspecified atom stereocenters. The van der Waals surface area contributed by atoms with Gasteiger partial charge in [0.1, 0.15) is 11.1 Å². The third kappa shape index (κ3) is 4.63. The second-order valence-corrected chi connectivity index (χ2v) is 9.41. The van der Waals surface area contributed by atoms with Crippen LogP contribution >= 0.6 is 23.4 Å². The lowest BCUT2D eigenvalue weighted by atomic mass is 9.82. The molecule has 1 fully saturated rings. The highest BCUT2D eigenvalue weighted by atomic mass is 35.5. The van der Waals surface area contributed by atoms with E-state index in [0.29, 0.717) is 10.6 Å². The first-order valence-electron chi connectivity index (χ1n) is 10.6. The number of esters is 1. The SMILES string of the molecule is COC(=O)CC1SC2=C(C(=O)NCc3ccccc3)C(c3ccccc3Cl)C(C#N)=C(N)N2C1=O. The summed E-state index contributed by atoms with van der Waals surface area (Å²) in [5.41, 5.74) is 7.91. The molecule has 35 heavy (non-hydrogen) atoms. The molecule has 0 aliphatic carbocycles. The van der Waals surface area contributed by atoms with Gasteiger partial charge in [-0.05, 0) is 17.2 Å². The third-order valence-electron chi connectivity index (χ3n) is 5.73. The summed E-state index contributed by atoms with van der Waals surface area (Å²) in [6.07, 6.45) is -0.204. The van der Waals surface area contributed by atoms with Gasteiger partial charge in [0.15, 0.2) is 0 Å². The molecule has 0 radical (unpaired) electrons. The number of benzene rings is 2. The molecule has 0 aromatic heterocycles. The molecule has 2 atom stereocenters. The number of nitriles is 1. The zero-order chi connectivity index (χ0) is 25.1. The number of methoxy groups -OCH3 is 1. The van der Waals surface area contributed by atoms with Gasteiger partial charge >= 0.3 is 5.97 Å². The van der Waals surface area contributed by atoms with Crippen molar-refractivity contribution in [3.05, 3.63) is 92.7 Å². The summed E-state index contributed by atoms with van der Waals surface area (Å²) < 4.78 is 4.72. The largest absolute Gasteiger partial charge is 0.469 e. The number of allylic oxidation sites excluding steroid dienone is 1. The molecule has 2 heterocycles. The minimum absolute atomic E-state index is 0.0272. The molecule has 0 saturated carbocycles. The topological polar surface area (TPSA) is 126 Å². The highest BCUT2D eigenvalue weighted by Crippen LogP contribution is 2.50. The van der Waals surface area contributed by atoms with Gasteiger partial charge in [-0.3, -0.25) is 19.3 Å². The number of fused-ring (bicyclic) bond motifs is 1. The fourth-order valence-corrected chi connectivity index (χ4v) is 5.61. The number of carbonyl (C=O) groups excluding carboxylic acids is 3. The van der Waals surface area contributed by atoms with Crippen LogP contribution in [0, 0.1) is 11.3 Å². The van der Waals surface area contributed by atoms with E-state index in [1.165, 1.54) is 7.11 Å². The number of halogens is 1. The number of ether oxygens (including phenoxy) is 1. The van der Waals surface area contributed by atoms with E-state index in [0.717, 1.165) is 22.2 Å². The first kappa shape index (κ1) is 24.4. The number of nitrogens with two attached hydrogens (primary N) is 1. The molecule has 3 N–H and O–H groups in total. The molecular formula is C25H21ClN4O4S. The Kier molecular flexibility index (Phi) is 7.15. The minimum atomic E-state index is -0.895. The molecular weight excluding hydrogens is 488 g/mol. The second kappa shape index (κ2) is 10.3. The average molecular weight is 509 g/mol. The average Bonchev–Trinajstić information content (AvgIpc) is 3.19. The first-order valence-corrected chi connectivity index (χ1v) is 11.9. The second-order valence-electron chi connectivity index (χ2n) is 7.81. The lowest BCUT2D eigenvalue weighted by Crippen LogP contribution is -2.40. The summed E-state index contributed by atoms with van der Waals surface area (Å²) in [6.45, 7) is 0.233. The number of hydrogen-bond donors (Lipinski definition) is 2. The highest BCUT2D eigenvalue weighted by molar-refractivity contribution is 8.04. The van der Waals surface area contributed by atoms with Gasteiger partial charge in [0.2, 0.25) is 5.91 Å². The van der Waals surface area contributed by atoms with Gasteiger partial charge in [0.05, 0.1) is 41.7 Å². The van der Waals surface area contributed by atoms with E-state index < -0.39 is 29.0 Å². The molecule has 10 heteroatoms. The van der Waals surface area contributed by atoms with Crippen molar-refractivity contribution in [2.45, 2.75) is 24.1 Å². The van der Waals surface area contributed by atoms with Crippen molar-refractivity contribution >= 4 is 41.1 Å². The van der Waals surface area contributed by atoms with E-state index in [-0.39, 0.29) is 35.0 Å². The Bertz CT molecular complexity index is 1300. The quantitative estimate of drug-likeness (QED) is 0.574. The van der Waals surface area contributed by atoms with E-state index in [1.54, 1.807) is 24.3 Å². The van der Waals surface area contributed by atoms with Crippen molar-refractivity contribution in [1.82, 2.24) is 10.2 Å². The zero-order valence-corrected chi connectivity index (χ0v) is 20.2. The Labute approximate surface area is 211 Å². The Balaban J connectivity index is 1.83. The van der Waals surface area contributed by atoms with Gasteiger partial charge in [-0.1, -0.05) is 71.9 Å². The van der Waals surface area contributed by atoms with Crippen LogP contribution in [0.2, 0.25) is 5.02 Å². The molecule has 0 spiro atoms. The predicted molar refractivity (Wildman–Crippen MR) is 131 cm³/mol. The molecule has 2 aromatic rings. The third-order valence-corrected chi connectivity index (χ3v) is 7.36. The summed E-state index contributed by atoms with van der Waals surface area (Å²) in [5.74, 6) is -2.52. The molecule has 8 nitrogen and oxygen atoms in total. The van der Waals surface area contributed by atoms with Crippen LogP contribution in [0.25, 0.3) is 0 Å². The van der Waals surface area contributed by atoms with Crippen molar-refractivity contribution in [2.75, 3.05) is 7.11 Å². The van der Waals surface area contributed by atoms with Gasteiger partial charge in [-0.25, -0.2) is 0 Å². The number of rotatable bonds is 6. The van der Waals surface area contributed by atoms with E-state index in [1.807, 2.05) is 30.3 Å². The maximum absolute atomic E-state index is 13.6. The molecule has 2 amide bonds. The van der Waals surface area contributed by atoms with Crippen LogP contribution in [0.5, 0.6) is 0 Å². The van der Waals surface area contributed by atoms with E-state index >= 15 is 0 Å². The molecule has 4 rings (SSSR count).